The Morgan fingerprint density at radius 2 is 1.45 bits per heavy atom. The number of rotatable bonds is 5. The average molecular weight is 612 g/mol. The van der Waals surface area contributed by atoms with Gasteiger partial charge < -0.3 is 10.2 Å². The SMILES string of the molecule is CC1(C)C(C(=O)O)C1C(Br)C(Cl)(Cl)Br.CC1(C)C(C=C(Cl)C(F)(F)F)C1C(=O)O. The van der Waals surface area contributed by atoms with Crippen LogP contribution in [0.15, 0.2) is 11.1 Å². The molecule has 168 valence electrons. The summed E-state index contributed by atoms with van der Waals surface area (Å²) >= 11 is 23.2. The van der Waals surface area contributed by atoms with Gasteiger partial charge in [0.25, 0.3) is 0 Å². The largest absolute Gasteiger partial charge is 0.481 e. The maximum absolute atomic E-state index is 12.1. The molecule has 0 radical (unpaired) electrons. The van der Waals surface area contributed by atoms with E-state index in [2.05, 4.69) is 31.9 Å². The number of carboxylic acids is 2. The van der Waals surface area contributed by atoms with Gasteiger partial charge in [-0.15, -0.1) is 0 Å². The van der Waals surface area contributed by atoms with Gasteiger partial charge in [-0.25, -0.2) is 0 Å². The molecular weight excluding hydrogens is 591 g/mol. The number of hydrogen-bond acceptors (Lipinski definition) is 2. The van der Waals surface area contributed by atoms with E-state index >= 15 is 0 Å². The lowest BCUT2D eigenvalue weighted by Gasteiger charge is -2.19. The summed E-state index contributed by atoms with van der Waals surface area (Å²) in [6.07, 6.45) is -3.80. The van der Waals surface area contributed by atoms with Crippen molar-refractivity contribution < 1.29 is 33.0 Å². The number of carbonyl (C=O) groups is 2. The Kier molecular flexibility index (Phi) is 8.18. The number of aliphatic carboxylic acids is 2. The van der Waals surface area contributed by atoms with Gasteiger partial charge in [0.05, 0.1) is 16.7 Å². The van der Waals surface area contributed by atoms with Crippen LogP contribution < -0.4 is 0 Å². The van der Waals surface area contributed by atoms with Crippen LogP contribution in [0.3, 0.4) is 0 Å². The van der Waals surface area contributed by atoms with E-state index in [1.54, 1.807) is 13.8 Å². The first-order valence-electron chi connectivity index (χ1n) is 8.29. The Hall–Kier alpha value is 0.300. The van der Waals surface area contributed by atoms with Crippen LogP contribution in [0.4, 0.5) is 13.2 Å². The van der Waals surface area contributed by atoms with Gasteiger partial charge in [0.2, 0.25) is 0 Å². The molecule has 0 spiro atoms. The summed E-state index contributed by atoms with van der Waals surface area (Å²) in [7, 11) is 0. The van der Waals surface area contributed by atoms with E-state index in [-0.39, 0.29) is 22.1 Å². The minimum absolute atomic E-state index is 0.0608. The smallest absolute Gasteiger partial charge is 0.426 e. The highest BCUT2D eigenvalue weighted by molar-refractivity contribution is 9.13. The molecule has 5 atom stereocenters. The van der Waals surface area contributed by atoms with E-state index in [4.69, 9.17) is 45.0 Å². The molecule has 0 heterocycles. The molecule has 5 unspecified atom stereocenters. The van der Waals surface area contributed by atoms with Crippen molar-refractivity contribution in [1.82, 2.24) is 0 Å². The Morgan fingerprint density at radius 3 is 1.69 bits per heavy atom. The van der Waals surface area contributed by atoms with Crippen LogP contribution in [0, 0.1) is 34.5 Å². The average Bonchev–Trinajstić information content (AvgIpc) is 3.25. The number of hydrogen-bond donors (Lipinski definition) is 2. The fraction of sp³-hybridized carbons (Fsp3) is 0.765. The zero-order chi connectivity index (χ0) is 23.3. The predicted molar refractivity (Wildman–Crippen MR) is 113 cm³/mol. The Labute approximate surface area is 198 Å². The fourth-order valence-corrected chi connectivity index (χ4v) is 5.29. The van der Waals surface area contributed by atoms with E-state index in [1.165, 1.54) is 0 Å². The zero-order valence-electron chi connectivity index (χ0n) is 15.7. The van der Waals surface area contributed by atoms with Crippen LogP contribution >= 0.6 is 66.7 Å². The second-order valence-electron chi connectivity index (χ2n) is 8.28. The third-order valence-corrected chi connectivity index (χ3v) is 9.28. The highest BCUT2D eigenvalue weighted by Gasteiger charge is 2.67. The van der Waals surface area contributed by atoms with Gasteiger partial charge in [0, 0.05) is 0 Å². The summed E-state index contributed by atoms with van der Waals surface area (Å²) in [6, 6.07) is 0. The molecule has 2 rings (SSSR count). The topological polar surface area (TPSA) is 74.6 Å². The van der Waals surface area contributed by atoms with E-state index in [1.807, 2.05) is 13.8 Å². The number of carboxylic acid groups (broad SMARTS) is 2. The van der Waals surface area contributed by atoms with E-state index < -0.39 is 43.6 Å². The minimum atomic E-state index is -4.59. The molecule has 0 amide bonds. The maximum Gasteiger partial charge on any atom is 0.426 e. The fourth-order valence-electron chi connectivity index (χ4n) is 3.61. The molecule has 4 nitrogen and oxygen atoms in total. The quantitative estimate of drug-likeness (QED) is 0.341. The number of alkyl halides is 7. The molecular formula is C17H20Br2Cl3F3O4. The number of allylic oxidation sites excluding steroid dienone is 2. The van der Waals surface area contributed by atoms with E-state index in [9.17, 15) is 22.8 Å². The summed E-state index contributed by atoms with van der Waals surface area (Å²) in [5.41, 5.74) is -0.917. The molecule has 2 N–H and O–H groups in total. The lowest BCUT2D eigenvalue weighted by atomic mass is 10.1. The molecule has 0 aromatic rings. The Bertz CT molecular complexity index is 705. The number of halogens is 8. The van der Waals surface area contributed by atoms with Gasteiger partial charge in [-0.1, -0.05) is 84.5 Å². The van der Waals surface area contributed by atoms with Crippen molar-refractivity contribution >= 4 is 78.6 Å². The Morgan fingerprint density at radius 1 is 1.03 bits per heavy atom. The highest BCUT2D eigenvalue weighted by atomic mass is 79.9. The van der Waals surface area contributed by atoms with Crippen LogP contribution in [-0.2, 0) is 9.59 Å². The Balaban J connectivity index is 0.000000291. The second kappa shape index (κ2) is 8.68. The van der Waals surface area contributed by atoms with Crippen molar-refractivity contribution in [2.75, 3.05) is 0 Å². The molecule has 29 heavy (non-hydrogen) atoms. The molecule has 0 saturated heterocycles. The molecule has 0 aromatic heterocycles. The van der Waals surface area contributed by atoms with Gasteiger partial charge in [0.1, 0.15) is 5.03 Å². The predicted octanol–water partition coefficient (Wildman–Crippen LogP) is 6.66. The van der Waals surface area contributed by atoms with Gasteiger partial charge in [0.15, 0.2) is 3.24 Å². The highest BCUT2D eigenvalue weighted by Crippen LogP contribution is 2.65. The summed E-state index contributed by atoms with van der Waals surface area (Å²) in [4.78, 5) is 21.3. The van der Waals surface area contributed by atoms with Crippen LogP contribution in [0.1, 0.15) is 27.7 Å². The maximum atomic E-state index is 12.1. The standard InChI is InChI=1S/C9H10ClF3O2.C8H10Br2Cl2O2/c1-8(2)4(6(8)7(14)15)3-5(10)9(11,12)13;1-7(2)3(4(7)6(13)14)5(9)8(10,11)12/h3-4,6H,1-2H3,(H,14,15);3-5H,1-2H3,(H,13,14). The lowest BCUT2D eigenvalue weighted by Crippen LogP contribution is -2.23. The molecule has 0 aliphatic heterocycles. The monoisotopic (exact) mass is 608 g/mol. The molecule has 2 aliphatic carbocycles. The first-order valence-corrected chi connectivity index (χ1v) is 11.1. The molecule has 2 fully saturated rings. The van der Waals surface area contributed by atoms with Crippen LogP contribution in [0.5, 0.6) is 0 Å². The molecule has 0 bridgehead atoms. The van der Waals surface area contributed by atoms with Gasteiger partial charge in [-0.2, -0.15) is 13.2 Å². The van der Waals surface area contributed by atoms with E-state index in [0.717, 1.165) is 6.08 Å². The molecule has 2 saturated carbocycles. The summed E-state index contributed by atoms with van der Waals surface area (Å²) in [6.45, 7) is 7.01. The van der Waals surface area contributed by atoms with Gasteiger partial charge in [-0.05, 0) is 38.6 Å². The van der Waals surface area contributed by atoms with Crippen molar-refractivity contribution in [2.45, 2.75) is 41.9 Å². The molecule has 0 aromatic carbocycles. The zero-order valence-corrected chi connectivity index (χ0v) is 21.1. The normalized spacial score (nSPS) is 31.2. The first-order chi connectivity index (χ1) is 12.7. The van der Waals surface area contributed by atoms with Crippen molar-refractivity contribution in [3.05, 3.63) is 11.1 Å². The van der Waals surface area contributed by atoms with Crippen molar-refractivity contribution in [3.63, 3.8) is 0 Å². The lowest BCUT2D eigenvalue weighted by molar-refractivity contribution is -0.140. The second-order valence-corrected chi connectivity index (χ2v) is 13.2. The summed E-state index contributed by atoms with van der Waals surface area (Å²) < 4.78 is 35.1. The molecule has 12 heteroatoms. The minimum Gasteiger partial charge on any atom is -0.481 e. The van der Waals surface area contributed by atoms with Crippen molar-refractivity contribution in [2.24, 2.45) is 34.5 Å². The van der Waals surface area contributed by atoms with Crippen molar-refractivity contribution in [1.29, 1.82) is 0 Å². The van der Waals surface area contributed by atoms with Crippen molar-refractivity contribution in [3.8, 4) is 0 Å². The first kappa shape index (κ1) is 27.3. The molecule has 2 aliphatic rings. The third-order valence-electron chi connectivity index (χ3n) is 5.58. The van der Waals surface area contributed by atoms with Crippen LogP contribution in [-0.4, -0.2) is 36.4 Å². The third kappa shape index (κ3) is 6.18. The van der Waals surface area contributed by atoms with Gasteiger partial charge >= 0.3 is 18.1 Å². The summed E-state index contributed by atoms with van der Waals surface area (Å²) in [5.74, 6) is -3.77. The van der Waals surface area contributed by atoms with E-state index in [0.29, 0.717) is 0 Å². The van der Waals surface area contributed by atoms with Crippen LogP contribution in [0.25, 0.3) is 0 Å². The van der Waals surface area contributed by atoms with Gasteiger partial charge in [-0.3, -0.25) is 9.59 Å². The van der Waals surface area contributed by atoms with Crippen LogP contribution in [0.2, 0.25) is 0 Å². The summed E-state index contributed by atoms with van der Waals surface area (Å²) in [5, 5.41) is 16.4.